The van der Waals surface area contributed by atoms with Gasteiger partial charge in [0.1, 0.15) is 5.82 Å². The molecule has 1 aromatic heterocycles. The third-order valence-electron chi connectivity index (χ3n) is 5.34. The van der Waals surface area contributed by atoms with Crippen molar-refractivity contribution in [2.75, 3.05) is 26.3 Å². The van der Waals surface area contributed by atoms with Gasteiger partial charge in [-0.3, -0.25) is 0 Å². The number of urea groups is 1. The molecule has 1 fully saturated rings. The van der Waals surface area contributed by atoms with Gasteiger partial charge in [0.25, 0.3) is 0 Å². The second kappa shape index (κ2) is 8.36. The highest BCUT2D eigenvalue weighted by molar-refractivity contribution is 5.74. The molecule has 140 valence electrons. The van der Waals surface area contributed by atoms with Crippen LogP contribution in [-0.4, -0.2) is 46.8 Å². The van der Waals surface area contributed by atoms with Crippen molar-refractivity contribution < 1.29 is 9.53 Å². The number of amides is 2. The molecule has 0 atom stereocenters. The Bertz CT molecular complexity index is 708. The molecule has 2 heterocycles. The maximum absolute atomic E-state index is 12.8. The Kier molecular flexibility index (Phi) is 5.93. The van der Waals surface area contributed by atoms with E-state index >= 15 is 0 Å². The highest BCUT2D eigenvalue weighted by atomic mass is 16.5. The van der Waals surface area contributed by atoms with Gasteiger partial charge in [-0.25, -0.2) is 9.78 Å². The Morgan fingerprint density at radius 3 is 2.65 bits per heavy atom. The van der Waals surface area contributed by atoms with E-state index in [0.29, 0.717) is 19.6 Å². The summed E-state index contributed by atoms with van der Waals surface area (Å²) in [6, 6.07) is 10.4. The van der Waals surface area contributed by atoms with Crippen LogP contribution < -0.4 is 5.32 Å². The van der Waals surface area contributed by atoms with E-state index in [4.69, 9.17) is 4.74 Å². The molecule has 0 unspecified atom stereocenters. The van der Waals surface area contributed by atoms with Crippen molar-refractivity contribution in [3.05, 3.63) is 54.1 Å². The number of rotatable bonds is 6. The quantitative estimate of drug-likeness (QED) is 0.866. The van der Waals surface area contributed by atoms with Crippen LogP contribution in [0.25, 0.3) is 0 Å². The van der Waals surface area contributed by atoms with Crippen molar-refractivity contribution in [1.82, 2.24) is 19.8 Å². The van der Waals surface area contributed by atoms with Crippen LogP contribution in [0.4, 0.5) is 4.79 Å². The number of aromatic nitrogens is 2. The topological polar surface area (TPSA) is 59.4 Å². The minimum atomic E-state index is -0.0577. The number of hydrogen-bond acceptors (Lipinski definition) is 3. The molecule has 3 rings (SSSR count). The lowest BCUT2D eigenvalue weighted by atomic mass is 9.74. The minimum Gasteiger partial charge on any atom is -0.381 e. The molecular weight excluding hydrogens is 328 g/mol. The zero-order chi connectivity index (χ0) is 18.4. The molecule has 1 aliphatic heterocycles. The predicted octanol–water partition coefficient (Wildman–Crippen LogP) is 2.70. The fourth-order valence-electron chi connectivity index (χ4n) is 3.52. The van der Waals surface area contributed by atoms with E-state index in [1.807, 2.05) is 30.8 Å². The van der Waals surface area contributed by atoms with Crippen LogP contribution in [0.1, 0.15) is 31.2 Å². The van der Waals surface area contributed by atoms with Gasteiger partial charge >= 0.3 is 6.03 Å². The summed E-state index contributed by atoms with van der Waals surface area (Å²) in [6.45, 7) is 5.22. The predicted molar refractivity (Wildman–Crippen MR) is 101 cm³/mol. The fraction of sp³-hybridized carbons (Fsp3) is 0.500. The second-order valence-corrected chi connectivity index (χ2v) is 6.89. The first kappa shape index (κ1) is 18.5. The number of nitrogens with one attached hydrogen (secondary N) is 1. The van der Waals surface area contributed by atoms with Gasteiger partial charge in [-0.1, -0.05) is 30.3 Å². The molecule has 1 saturated heterocycles. The molecule has 0 bridgehead atoms. The molecule has 1 aliphatic rings. The molecule has 0 radical (unpaired) electrons. The molecule has 1 aromatic carbocycles. The number of imidazole rings is 1. The Hall–Kier alpha value is -2.34. The first-order chi connectivity index (χ1) is 12.6. The summed E-state index contributed by atoms with van der Waals surface area (Å²) in [5.41, 5.74) is 1.22. The standard InChI is InChI=1S/C20H28N4O2/c1-3-24(15-18-21-11-12-23(18)2)19(25)22-16-20(9-13-26-14-10-20)17-7-5-4-6-8-17/h4-8,11-12H,3,9-10,13-16H2,1-2H3,(H,22,25). The molecule has 2 aromatic rings. The largest absolute Gasteiger partial charge is 0.381 e. The fourth-order valence-corrected chi connectivity index (χ4v) is 3.52. The van der Waals surface area contributed by atoms with E-state index in [-0.39, 0.29) is 11.4 Å². The van der Waals surface area contributed by atoms with E-state index in [1.54, 1.807) is 11.1 Å². The first-order valence-electron chi connectivity index (χ1n) is 9.27. The van der Waals surface area contributed by atoms with E-state index < -0.39 is 0 Å². The van der Waals surface area contributed by atoms with Crippen molar-refractivity contribution in [1.29, 1.82) is 0 Å². The normalized spacial score (nSPS) is 16.2. The van der Waals surface area contributed by atoms with Crippen LogP contribution >= 0.6 is 0 Å². The highest BCUT2D eigenvalue weighted by Crippen LogP contribution is 2.34. The lowest BCUT2D eigenvalue weighted by molar-refractivity contribution is 0.0501. The zero-order valence-electron chi connectivity index (χ0n) is 15.6. The monoisotopic (exact) mass is 356 g/mol. The van der Waals surface area contributed by atoms with E-state index in [2.05, 4.69) is 34.6 Å². The van der Waals surface area contributed by atoms with Crippen LogP contribution in [-0.2, 0) is 23.7 Å². The third-order valence-corrected chi connectivity index (χ3v) is 5.34. The van der Waals surface area contributed by atoms with E-state index in [1.165, 1.54) is 5.56 Å². The second-order valence-electron chi connectivity index (χ2n) is 6.89. The van der Waals surface area contributed by atoms with E-state index in [9.17, 15) is 4.79 Å². The summed E-state index contributed by atoms with van der Waals surface area (Å²) in [5, 5.41) is 3.17. The van der Waals surface area contributed by atoms with Crippen molar-refractivity contribution in [3.63, 3.8) is 0 Å². The highest BCUT2D eigenvalue weighted by Gasteiger charge is 2.35. The third kappa shape index (κ3) is 4.07. The maximum atomic E-state index is 12.8. The molecule has 6 heteroatoms. The summed E-state index contributed by atoms with van der Waals surface area (Å²) in [5.74, 6) is 0.880. The lowest BCUT2D eigenvalue weighted by Crippen LogP contribution is -2.48. The SMILES string of the molecule is CCN(Cc1nccn1C)C(=O)NCC1(c2ccccc2)CCOCC1. The average Bonchev–Trinajstić information content (AvgIpc) is 3.10. The first-order valence-corrected chi connectivity index (χ1v) is 9.27. The number of nitrogens with zero attached hydrogens (tertiary/aromatic N) is 3. The molecule has 0 saturated carbocycles. The van der Waals surface area contributed by atoms with Gasteiger partial charge < -0.3 is 19.5 Å². The number of benzene rings is 1. The van der Waals surface area contributed by atoms with Crippen molar-refractivity contribution in [2.45, 2.75) is 31.7 Å². The summed E-state index contributed by atoms with van der Waals surface area (Å²) in [6.07, 6.45) is 5.49. The van der Waals surface area contributed by atoms with Gasteiger partial charge in [0.15, 0.2) is 0 Å². The smallest absolute Gasteiger partial charge is 0.317 e. The Labute approximate surface area is 155 Å². The van der Waals surface area contributed by atoms with Crippen molar-refractivity contribution in [3.8, 4) is 0 Å². The Morgan fingerprint density at radius 2 is 2.04 bits per heavy atom. The molecule has 6 nitrogen and oxygen atoms in total. The Balaban J connectivity index is 1.68. The van der Waals surface area contributed by atoms with Crippen molar-refractivity contribution in [2.24, 2.45) is 7.05 Å². The number of ether oxygens (including phenoxy) is 1. The molecular formula is C20H28N4O2. The molecule has 0 aliphatic carbocycles. The van der Waals surface area contributed by atoms with Crippen LogP contribution in [0.3, 0.4) is 0 Å². The van der Waals surface area contributed by atoms with Crippen LogP contribution in [0.2, 0.25) is 0 Å². The molecule has 1 N–H and O–H groups in total. The summed E-state index contributed by atoms with van der Waals surface area (Å²) in [7, 11) is 1.94. The number of aryl methyl sites for hydroxylation is 1. The molecule has 26 heavy (non-hydrogen) atoms. The van der Waals surface area contributed by atoms with Crippen LogP contribution in [0.15, 0.2) is 42.7 Å². The summed E-state index contributed by atoms with van der Waals surface area (Å²) < 4.78 is 7.52. The lowest BCUT2D eigenvalue weighted by Gasteiger charge is -2.38. The maximum Gasteiger partial charge on any atom is 0.317 e. The van der Waals surface area contributed by atoms with Gasteiger partial charge in [-0.15, -0.1) is 0 Å². The van der Waals surface area contributed by atoms with Crippen LogP contribution in [0, 0.1) is 0 Å². The van der Waals surface area contributed by atoms with Gasteiger partial charge in [0.05, 0.1) is 6.54 Å². The van der Waals surface area contributed by atoms with Gasteiger partial charge in [-0.2, -0.15) is 0 Å². The summed E-state index contributed by atoms with van der Waals surface area (Å²) >= 11 is 0. The minimum absolute atomic E-state index is 0.0442. The van der Waals surface area contributed by atoms with Gasteiger partial charge in [0.2, 0.25) is 0 Å². The summed E-state index contributed by atoms with van der Waals surface area (Å²) in [4.78, 5) is 18.9. The van der Waals surface area contributed by atoms with Crippen molar-refractivity contribution >= 4 is 6.03 Å². The van der Waals surface area contributed by atoms with Gasteiger partial charge in [-0.05, 0) is 25.3 Å². The van der Waals surface area contributed by atoms with E-state index in [0.717, 1.165) is 31.9 Å². The number of carbonyl (C=O) groups is 1. The number of carbonyl (C=O) groups excluding carboxylic acids is 1. The Morgan fingerprint density at radius 1 is 1.31 bits per heavy atom. The molecule has 0 spiro atoms. The molecule has 2 amide bonds. The average molecular weight is 356 g/mol. The zero-order valence-corrected chi connectivity index (χ0v) is 15.6. The number of hydrogen-bond donors (Lipinski definition) is 1. The van der Waals surface area contributed by atoms with Crippen LogP contribution in [0.5, 0.6) is 0 Å². The van der Waals surface area contributed by atoms with Gasteiger partial charge in [0, 0.05) is 51.2 Å².